The third kappa shape index (κ3) is 14.9. The molecule has 1 aromatic rings. The molecule has 1 aliphatic carbocycles. The zero-order chi connectivity index (χ0) is 69.3. The maximum atomic E-state index is 15.6. The third-order valence-corrected chi connectivity index (χ3v) is 17.9. The highest BCUT2D eigenvalue weighted by Gasteiger charge is 2.47. The highest BCUT2D eigenvalue weighted by atomic mass is 16.6. The van der Waals surface area contributed by atoms with Crippen LogP contribution in [0.5, 0.6) is 0 Å². The number of carbonyl (C=O) groups excluding carboxylic acids is 12. The Hall–Kier alpha value is -8.72. The van der Waals surface area contributed by atoms with Gasteiger partial charge in [-0.1, -0.05) is 61.5 Å². The summed E-state index contributed by atoms with van der Waals surface area (Å²) in [4.78, 5) is 202. The summed E-state index contributed by atoms with van der Waals surface area (Å²) in [7, 11) is 5.62. The number of nitrogens with zero attached hydrogens (tertiary/aromatic N) is 7. The molecule has 28 heteroatoms. The first kappa shape index (κ1) is 71.7. The van der Waals surface area contributed by atoms with Gasteiger partial charge in [-0.15, -0.1) is 0 Å². The molecule has 0 bridgehead atoms. The van der Waals surface area contributed by atoms with Crippen molar-refractivity contribution in [2.75, 3.05) is 59.7 Å². The van der Waals surface area contributed by atoms with Crippen LogP contribution < -0.4 is 32.0 Å². The number of amides is 10. The summed E-state index contributed by atoms with van der Waals surface area (Å²) < 4.78 is 18.5. The van der Waals surface area contributed by atoms with Crippen LogP contribution in [0.4, 0.5) is 5.69 Å². The van der Waals surface area contributed by atoms with Gasteiger partial charge < -0.3 is 69.9 Å². The van der Waals surface area contributed by atoms with Crippen LogP contribution in [0.3, 0.4) is 0 Å². The second kappa shape index (κ2) is 29.1. The van der Waals surface area contributed by atoms with Crippen LogP contribution in [-0.2, 0) is 57.4 Å². The van der Waals surface area contributed by atoms with E-state index in [9.17, 15) is 47.9 Å². The monoisotopic (exact) mass is 1300 g/mol. The van der Waals surface area contributed by atoms with Gasteiger partial charge in [0.05, 0.1) is 29.9 Å². The highest BCUT2D eigenvalue weighted by Crippen LogP contribution is 2.36. The average Bonchev–Trinajstić information content (AvgIpc) is 1.24. The Balaban J connectivity index is 1.36. The predicted molar refractivity (Wildman–Crippen MR) is 340 cm³/mol. The molecule has 0 aromatic heterocycles. The van der Waals surface area contributed by atoms with Crippen molar-refractivity contribution < 1.29 is 71.4 Å². The van der Waals surface area contributed by atoms with Crippen LogP contribution in [0.1, 0.15) is 141 Å². The largest absolute Gasteiger partial charge is 0.458 e. The Labute approximate surface area is 541 Å². The van der Waals surface area contributed by atoms with Gasteiger partial charge in [-0.05, 0) is 103 Å². The Morgan fingerprint density at radius 1 is 0.591 bits per heavy atom. The molecule has 0 saturated carbocycles. The Bertz CT molecular complexity index is 3490. The zero-order valence-corrected chi connectivity index (χ0v) is 56.6. The lowest BCUT2D eigenvalue weighted by molar-refractivity contribution is -0.163. The normalized spacial score (nSPS) is 25.8. The van der Waals surface area contributed by atoms with Gasteiger partial charge in [0.15, 0.2) is 11.3 Å². The van der Waals surface area contributed by atoms with E-state index in [1.54, 1.807) is 76.2 Å². The predicted octanol–water partition coefficient (Wildman–Crippen LogP) is 1.96. The van der Waals surface area contributed by atoms with Gasteiger partial charge in [0.2, 0.25) is 52.7 Å². The van der Waals surface area contributed by atoms with E-state index in [-0.39, 0.29) is 65.3 Å². The number of carbonyl (C=O) groups is 12. The van der Waals surface area contributed by atoms with E-state index in [0.29, 0.717) is 18.4 Å². The molecule has 4 saturated heterocycles. The zero-order valence-electron chi connectivity index (χ0n) is 56.6. The summed E-state index contributed by atoms with van der Waals surface area (Å²) in [5, 5.41) is 13.9. The van der Waals surface area contributed by atoms with Crippen molar-refractivity contribution in [1.82, 2.24) is 55.7 Å². The number of cyclic esters (lactones) is 2. The number of aryl methyl sites for hydroxylation is 1. The molecule has 1 aromatic carbocycles. The fourth-order valence-electron chi connectivity index (χ4n) is 12.7. The number of ether oxygens (including phenoxy) is 2. The first-order valence-electron chi connectivity index (χ1n) is 31.9. The van der Waals surface area contributed by atoms with E-state index < -0.39 is 185 Å². The van der Waals surface area contributed by atoms with Crippen molar-refractivity contribution >= 4 is 87.8 Å². The molecule has 7 rings (SSSR count). The summed E-state index contributed by atoms with van der Waals surface area (Å²) in [5.41, 5.74) is -2.01. The summed E-state index contributed by atoms with van der Waals surface area (Å²) in [6.07, 6.45) is -1.62. The third-order valence-electron chi connectivity index (χ3n) is 17.9. The summed E-state index contributed by atoms with van der Waals surface area (Å²) >= 11 is 0. The first-order valence-corrected chi connectivity index (χ1v) is 31.9. The number of likely N-dealkylation sites (N-methyl/N-ethyl adjacent to an activating group) is 4. The maximum Gasteiger partial charge on any atom is 0.329 e. The van der Waals surface area contributed by atoms with Crippen molar-refractivity contribution in [2.45, 2.75) is 189 Å². The minimum atomic E-state index is -1.86. The van der Waals surface area contributed by atoms with Crippen molar-refractivity contribution in [3.8, 4) is 11.5 Å². The number of fused-ring (bicyclic) bond motifs is 4. The number of hydrogen-bond donors (Lipinski definition) is 5. The van der Waals surface area contributed by atoms with Gasteiger partial charge in [0, 0.05) is 52.9 Å². The molecule has 10 atom stereocenters. The van der Waals surface area contributed by atoms with E-state index in [1.165, 1.54) is 80.7 Å². The lowest BCUT2D eigenvalue weighted by atomic mass is 9.97. The second-order valence-corrected chi connectivity index (χ2v) is 26.8. The number of aromatic nitrogens is 1. The molecule has 508 valence electrons. The molecule has 4 fully saturated rings. The Morgan fingerprint density at radius 3 is 1.43 bits per heavy atom. The lowest BCUT2D eigenvalue weighted by Crippen LogP contribution is -2.61. The number of esters is 2. The molecule has 93 heavy (non-hydrogen) atoms. The molecule has 0 radical (unpaired) electrons. The van der Waals surface area contributed by atoms with Gasteiger partial charge in [-0.25, -0.2) is 14.6 Å². The molecular formula is C65H92N12O16. The summed E-state index contributed by atoms with van der Waals surface area (Å²) in [6.45, 7) is 22.0. The minimum Gasteiger partial charge on any atom is -0.458 e. The number of nitrogens with one attached hydrogen (secondary N) is 5. The van der Waals surface area contributed by atoms with E-state index >= 15 is 14.4 Å². The quantitative estimate of drug-likeness (QED) is 0.143. The molecule has 5 N–H and O–H groups in total. The number of hydrogen-bond acceptors (Lipinski definition) is 18. The number of benzene rings is 2. The van der Waals surface area contributed by atoms with Crippen molar-refractivity contribution in [3.05, 3.63) is 44.6 Å². The van der Waals surface area contributed by atoms with Crippen LogP contribution in [0.25, 0.3) is 22.6 Å². The fraction of sp³-hybridized carbons (Fsp3) is 0.631. The van der Waals surface area contributed by atoms with Gasteiger partial charge in [0.25, 0.3) is 11.8 Å². The van der Waals surface area contributed by atoms with Crippen molar-refractivity contribution in [3.63, 3.8) is 0 Å². The van der Waals surface area contributed by atoms with E-state index in [4.69, 9.17) is 18.9 Å². The topological polar surface area (TPSA) is 346 Å². The Morgan fingerprint density at radius 2 is 1.02 bits per heavy atom. The SMILES string of the molecule is Cc1c2oc3c(C)ccc(C(=O)NC4C(=O)NC(C(C)C)C(=O)N5CCCC5C(=O)N(C)CC(=O)N(C)C(C(C)C)C(=O)OC4C)c3nc-2c(C(=O)NC2C(=O)NC(C(C)C)C(=O)N3CCCC3C(=O)N(C)CC(=O)N(C)C(C(C)C)C(=O)OC2C)c(NC(C)C)c1=O. The van der Waals surface area contributed by atoms with Crippen LogP contribution >= 0.6 is 0 Å². The smallest absolute Gasteiger partial charge is 0.329 e. The van der Waals surface area contributed by atoms with E-state index in [2.05, 4.69) is 26.6 Å². The lowest BCUT2D eigenvalue weighted by Gasteiger charge is -2.36. The van der Waals surface area contributed by atoms with Crippen LogP contribution in [0.2, 0.25) is 0 Å². The van der Waals surface area contributed by atoms with E-state index in [0.717, 1.165) is 9.80 Å². The highest BCUT2D eigenvalue weighted by molar-refractivity contribution is 6.11. The second-order valence-electron chi connectivity index (χ2n) is 26.8. The fourth-order valence-corrected chi connectivity index (χ4v) is 12.7. The molecule has 6 aliphatic rings. The summed E-state index contributed by atoms with van der Waals surface area (Å²) in [6, 6.07) is -8.34. The van der Waals surface area contributed by atoms with Gasteiger partial charge >= 0.3 is 11.9 Å². The van der Waals surface area contributed by atoms with Gasteiger partial charge in [-0.2, -0.15) is 0 Å². The summed E-state index contributed by atoms with van der Waals surface area (Å²) in [5.74, 6) is -12.1. The molecule has 10 unspecified atom stereocenters. The number of anilines is 1. The Kier molecular flexibility index (Phi) is 22.4. The van der Waals surface area contributed by atoms with Gasteiger partial charge in [-0.3, -0.25) is 52.7 Å². The molecule has 5 aliphatic heterocycles. The maximum absolute atomic E-state index is 15.6. The van der Waals surface area contributed by atoms with Crippen LogP contribution in [0, 0.1) is 37.5 Å². The van der Waals surface area contributed by atoms with E-state index in [1.807, 2.05) is 0 Å². The van der Waals surface area contributed by atoms with Crippen molar-refractivity contribution in [1.29, 1.82) is 0 Å². The molecule has 10 amide bonds. The molecule has 0 spiro atoms. The standard InChI is InChI=1S/C65H92N12O16/c1-29(2)44-62(87)76-25-19-21-39(76)60(85)72(15)27-41(78)74(17)51(31(5)6)64(89)91-36(13)46(58(83)68-44)70-56(81)38-24-23-34(11)54-48(38)67-50-43(49(66-33(9)10)53(80)35(12)55(50)93-54)57(82)71-47-37(14)92-65(90)52(32(7)8)75(18)42(79)28-73(16)61(86)40-22-20-26-77(40)63(88)45(30(3)4)69-59(47)84/h23-24,29-33,36-37,39-40,44-47,51-52,66H,19-22,25-28H2,1-18H3,(H,68,83)(H,69,84)(H,70,81)(H,71,82). The number of rotatable bonds is 10. The van der Waals surface area contributed by atoms with Crippen LogP contribution in [0.15, 0.2) is 21.3 Å². The minimum absolute atomic E-state index is 0.0315. The van der Waals surface area contributed by atoms with Crippen molar-refractivity contribution in [2.24, 2.45) is 23.7 Å². The van der Waals surface area contributed by atoms with Crippen LogP contribution in [-0.4, -0.2) is 226 Å². The van der Waals surface area contributed by atoms with Gasteiger partial charge in [0.1, 0.15) is 71.8 Å². The molecular weight excluding hydrogens is 1200 g/mol. The first-order chi connectivity index (χ1) is 43.5. The average molecular weight is 1300 g/mol. The molecule has 28 nitrogen and oxygen atoms in total. The molecule has 5 heterocycles.